The fourth-order valence-corrected chi connectivity index (χ4v) is 6.64. The molecule has 2 heterocycles. The molecule has 7 nitrogen and oxygen atoms in total. The van der Waals surface area contributed by atoms with Crippen LogP contribution in [0.2, 0.25) is 10.0 Å². The number of hydrogen-bond acceptors (Lipinski definition) is 6. The second-order valence-electron chi connectivity index (χ2n) is 12.9. The molecule has 0 aromatic heterocycles. The monoisotopic (exact) mass is 687 g/mol. The third-order valence-corrected chi connectivity index (χ3v) is 9.48. The normalized spacial score (nSPS) is 24.7. The molecule has 2 aliphatic rings. The van der Waals surface area contributed by atoms with Crippen molar-refractivity contribution in [3.05, 3.63) is 63.6 Å². The predicted octanol–water partition coefficient (Wildman–Crippen LogP) is 2.86. The zero-order valence-electron chi connectivity index (χ0n) is 25.6. The van der Waals surface area contributed by atoms with Gasteiger partial charge in [0.05, 0.1) is 53.6 Å². The van der Waals surface area contributed by atoms with Crippen molar-refractivity contribution in [2.24, 2.45) is 0 Å². The van der Waals surface area contributed by atoms with Gasteiger partial charge in [0, 0.05) is 37.8 Å². The van der Waals surface area contributed by atoms with Gasteiger partial charge in [0.2, 0.25) is 0 Å². The third kappa shape index (κ3) is 9.07. The predicted molar refractivity (Wildman–Crippen MR) is 167 cm³/mol. The van der Waals surface area contributed by atoms with Crippen molar-refractivity contribution >= 4 is 34.9 Å². The number of quaternary nitrogens is 1. The molecule has 5 N–H and O–H groups in total. The lowest BCUT2D eigenvalue weighted by molar-refractivity contribution is -0.968. The average molecular weight is 690 g/mol. The molecule has 42 heavy (non-hydrogen) atoms. The summed E-state index contributed by atoms with van der Waals surface area (Å²) in [4.78, 5) is 12.6. The standard InChI is InChI=1S/C20H30NO3.C12H18Cl2N2O.BrH/c1-14(2)21(3)16-9-10-17(21)12-18(11-16)24-20(23)19(13-22)15-7-5-4-6-8-15;1-12(2,3)16-6-10(17)7-4-8(13)11(15)9(14)5-7;/h4-8,14,16-19,22H,9-13H2,1-3H3;4-5,10,16-17H,6,15H2,1-3H3;1H/q+1;;/p-1/t16-,17+,18?,19?,21?;;. The molecule has 2 aromatic carbocycles. The van der Waals surface area contributed by atoms with Gasteiger partial charge in [-0.15, -0.1) is 0 Å². The summed E-state index contributed by atoms with van der Waals surface area (Å²) in [5, 5.41) is 23.6. The summed E-state index contributed by atoms with van der Waals surface area (Å²) in [5.41, 5.74) is 7.40. The highest BCUT2D eigenvalue weighted by atomic mass is 79.9. The fourth-order valence-electron chi connectivity index (χ4n) is 6.14. The van der Waals surface area contributed by atoms with Gasteiger partial charge in [0.25, 0.3) is 0 Å². The van der Waals surface area contributed by atoms with E-state index in [4.69, 9.17) is 33.7 Å². The molecule has 236 valence electrons. The van der Waals surface area contributed by atoms with Gasteiger partial charge in [-0.1, -0.05) is 53.5 Å². The highest BCUT2D eigenvalue weighted by Gasteiger charge is 2.53. The number of β-amino-alcohol motifs (C(OH)–C–C–N with tert-alkyl or cyclic N) is 1. The summed E-state index contributed by atoms with van der Waals surface area (Å²) in [6, 6.07) is 14.5. The van der Waals surface area contributed by atoms with Gasteiger partial charge in [-0.05, 0) is 57.9 Å². The number of piperidine rings is 1. The summed E-state index contributed by atoms with van der Waals surface area (Å²) in [6.45, 7) is 10.9. The van der Waals surface area contributed by atoms with E-state index in [2.05, 4.69) is 26.2 Å². The molecule has 2 bridgehead atoms. The largest absolute Gasteiger partial charge is 1.00 e. The quantitative estimate of drug-likeness (QED) is 0.193. The van der Waals surface area contributed by atoms with Crippen LogP contribution in [-0.4, -0.2) is 70.6 Å². The number of aliphatic hydroxyl groups is 2. The van der Waals surface area contributed by atoms with Gasteiger partial charge in [0.15, 0.2) is 0 Å². The number of esters is 1. The summed E-state index contributed by atoms with van der Waals surface area (Å²) < 4.78 is 6.96. The first kappa shape index (κ1) is 36.8. The number of ether oxygens (including phenoxy) is 1. The van der Waals surface area contributed by atoms with Crippen LogP contribution >= 0.6 is 23.2 Å². The zero-order chi connectivity index (χ0) is 30.5. The Balaban J connectivity index is 0.000000305. The molecule has 4 rings (SSSR count). The molecular formula is C32H48BrCl2N3O4. The van der Waals surface area contributed by atoms with Crippen molar-refractivity contribution in [2.45, 2.75) is 102 Å². The number of carbonyl (C=O) groups is 1. The molecule has 2 saturated heterocycles. The molecule has 0 radical (unpaired) electrons. The van der Waals surface area contributed by atoms with E-state index < -0.39 is 12.0 Å². The number of nitrogens with one attached hydrogen (secondary N) is 1. The van der Waals surface area contributed by atoms with Gasteiger partial charge in [-0.25, -0.2) is 0 Å². The summed E-state index contributed by atoms with van der Waals surface area (Å²) in [6.07, 6.45) is 3.70. The Hall–Kier alpha value is -1.39. The van der Waals surface area contributed by atoms with E-state index >= 15 is 0 Å². The van der Waals surface area contributed by atoms with Crippen LogP contribution in [0.5, 0.6) is 0 Å². The maximum Gasteiger partial charge on any atom is 0.316 e. The number of hydrogen-bond donors (Lipinski definition) is 4. The Bertz CT molecular complexity index is 1130. The molecule has 2 aromatic rings. The number of rotatable bonds is 8. The highest BCUT2D eigenvalue weighted by molar-refractivity contribution is 6.38. The van der Waals surface area contributed by atoms with E-state index in [1.54, 1.807) is 12.1 Å². The molecule has 0 spiro atoms. The molecule has 0 aliphatic carbocycles. The fraction of sp³-hybridized carbons (Fsp3) is 0.594. The van der Waals surface area contributed by atoms with Crippen molar-refractivity contribution in [1.29, 1.82) is 0 Å². The number of anilines is 1. The van der Waals surface area contributed by atoms with Crippen LogP contribution in [-0.2, 0) is 9.53 Å². The molecule has 0 amide bonds. The van der Waals surface area contributed by atoms with Crippen molar-refractivity contribution < 1.29 is 41.2 Å². The van der Waals surface area contributed by atoms with Crippen LogP contribution in [0.3, 0.4) is 0 Å². The minimum Gasteiger partial charge on any atom is -1.00 e. The molecule has 6 atom stereocenters. The van der Waals surface area contributed by atoms with Crippen LogP contribution < -0.4 is 28.0 Å². The smallest absolute Gasteiger partial charge is 0.316 e. The Morgan fingerprint density at radius 1 is 1.07 bits per heavy atom. The maximum absolute atomic E-state index is 12.6. The van der Waals surface area contributed by atoms with Crippen molar-refractivity contribution in [2.75, 3.05) is 25.9 Å². The Kier molecular flexibility index (Phi) is 13.6. The van der Waals surface area contributed by atoms with Crippen molar-refractivity contribution in [3.63, 3.8) is 0 Å². The molecule has 4 unspecified atom stereocenters. The first-order valence-electron chi connectivity index (χ1n) is 14.6. The van der Waals surface area contributed by atoms with Gasteiger partial charge in [0.1, 0.15) is 12.0 Å². The Morgan fingerprint density at radius 3 is 2.05 bits per heavy atom. The SMILES string of the molecule is CC(C)(C)NCC(O)c1cc(Cl)c(N)c(Cl)c1.CC(C)[N+]1(C)[C@@H]2CC[C@H]1CC(OC(=O)C(CO)c1ccccc1)C2.[Br-]. The maximum atomic E-state index is 12.6. The van der Waals surface area contributed by atoms with Gasteiger partial charge in [-0.2, -0.15) is 0 Å². The lowest BCUT2D eigenvalue weighted by atomic mass is 9.94. The van der Waals surface area contributed by atoms with Gasteiger partial charge >= 0.3 is 5.97 Å². The Labute approximate surface area is 272 Å². The topological polar surface area (TPSA) is 105 Å². The number of carbonyl (C=O) groups excluding carboxylic acids is 1. The molecule has 2 fully saturated rings. The van der Waals surface area contributed by atoms with Gasteiger partial charge in [-0.3, -0.25) is 4.79 Å². The first-order chi connectivity index (χ1) is 19.2. The second kappa shape index (κ2) is 15.6. The van der Waals surface area contributed by atoms with E-state index in [-0.39, 0.29) is 41.2 Å². The molecular weight excluding hydrogens is 641 g/mol. The zero-order valence-corrected chi connectivity index (χ0v) is 28.7. The number of nitrogens with two attached hydrogens (primary N) is 1. The third-order valence-electron chi connectivity index (χ3n) is 8.85. The van der Waals surface area contributed by atoms with E-state index in [0.29, 0.717) is 46.0 Å². The second-order valence-corrected chi connectivity index (χ2v) is 13.7. The van der Waals surface area contributed by atoms with Crippen LogP contribution in [0.25, 0.3) is 0 Å². The lowest BCUT2D eigenvalue weighted by Crippen LogP contribution is -3.00. The number of aliphatic hydroxyl groups excluding tert-OH is 2. The minimum absolute atomic E-state index is 0. The number of halogens is 3. The lowest BCUT2D eigenvalue weighted by Gasteiger charge is -2.49. The van der Waals surface area contributed by atoms with Crippen LogP contribution in [0.4, 0.5) is 5.69 Å². The number of fused-ring (bicyclic) bond motifs is 2. The summed E-state index contributed by atoms with van der Waals surface area (Å²) in [5.74, 6) is -0.856. The van der Waals surface area contributed by atoms with Crippen LogP contribution in [0.1, 0.15) is 83.5 Å². The highest BCUT2D eigenvalue weighted by Crippen LogP contribution is 2.44. The van der Waals surface area contributed by atoms with E-state index in [1.807, 2.05) is 51.1 Å². The van der Waals surface area contributed by atoms with E-state index in [0.717, 1.165) is 22.9 Å². The molecule has 10 heteroatoms. The average Bonchev–Trinajstić information content (AvgIpc) is 3.07. The van der Waals surface area contributed by atoms with Crippen LogP contribution in [0, 0.1) is 0 Å². The van der Waals surface area contributed by atoms with Gasteiger partial charge < -0.3 is 47.5 Å². The van der Waals surface area contributed by atoms with Crippen molar-refractivity contribution in [3.8, 4) is 0 Å². The molecule has 0 saturated carbocycles. The summed E-state index contributed by atoms with van der Waals surface area (Å²) in [7, 11) is 2.37. The van der Waals surface area contributed by atoms with Crippen molar-refractivity contribution in [1.82, 2.24) is 5.32 Å². The first-order valence-corrected chi connectivity index (χ1v) is 15.3. The van der Waals surface area contributed by atoms with E-state index in [9.17, 15) is 15.0 Å². The minimum atomic E-state index is -0.662. The number of nitrogens with zero attached hydrogens (tertiary/aromatic N) is 1. The Morgan fingerprint density at radius 2 is 1.60 bits per heavy atom. The number of benzene rings is 2. The summed E-state index contributed by atoms with van der Waals surface area (Å²) >= 11 is 11.8. The number of nitrogen functional groups attached to an aromatic ring is 1. The molecule has 2 aliphatic heterocycles. The van der Waals surface area contributed by atoms with Crippen LogP contribution in [0.15, 0.2) is 42.5 Å². The van der Waals surface area contributed by atoms with E-state index in [1.165, 1.54) is 12.8 Å².